The Morgan fingerprint density at radius 2 is 2.04 bits per heavy atom. The van der Waals surface area contributed by atoms with Crippen LogP contribution in [0, 0.1) is 6.92 Å². The molecular formula is C17H20N2O3S2. The molecule has 128 valence electrons. The van der Waals surface area contributed by atoms with Crippen LogP contribution in [0.4, 0.5) is 0 Å². The summed E-state index contributed by atoms with van der Waals surface area (Å²) in [5.41, 5.74) is 2.34. The fourth-order valence-corrected chi connectivity index (χ4v) is 3.87. The minimum atomic E-state index is -0.810. The minimum absolute atomic E-state index is 0.242. The molecule has 1 aromatic heterocycles. The van der Waals surface area contributed by atoms with Crippen LogP contribution < -0.4 is 0 Å². The Morgan fingerprint density at radius 1 is 1.33 bits per heavy atom. The van der Waals surface area contributed by atoms with E-state index >= 15 is 0 Å². The number of ether oxygens (including phenoxy) is 1. The number of hydrogen-bond donors (Lipinski definition) is 0. The van der Waals surface area contributed by atoms with Crippen molar-refractivity contribution in [2.75, 3.05) is 14.1 Å². The number of nitrogens with zero attached hydrogens (tertiary/aromatic N) is 2. The fraction of sp³-hybridized carbons (Fsp3) is 0.353. The van der Waals surface area contributed by atoms with Crippen molar-refractivity contribution in [1.82, 2.24) is 9.88 Å². The third-order valence-corrected chi connectivity index (χ3v) is 5.45. The zero-order valence-electron chi connectivity index (χ0n) is 14.1. The largest absolute Gasteiger partial charge is 0.449 e. The van der Waals surface area contributed by atoms with Crippen molar-refractivity contribution in [2.45, 2.75) is 30.0 Å². The maximum absolute atomic E-state index is 12.4. The van der Waals surface area contributed by atoms with E-state index in [1.54, 1.807) is 56.3 Å². The number of rotatable bonds is 6. The van der Waals surface area contributed by atoms with Gasteiger partial charge >= 0.3 is 5.97 Å². The van der Waals surface area contributed by atoms with Crippen LogP contribution in [-0.4, -0.2) is 42.0 Å². The average Bonchev–Trinajstić information content (AvgIpc) is 2.97. The second-order valence-corrected chi connectivity index (χ2v) is 7.56. The van der Waals surface area contributed by atoms with Crippen molar-refractivity contribution in [2.24, 2.45) is 0 Å². The summed E-state index contributed by atoms with van der Waals surface area (Å²) < 4.78 is 6.27. The summed E-state index contributed by atoms with van der Waals surface area (Å²) in [6.07, 6.45) is -0.810. The number of carbonyl (C=O) groups is 2. The number of hydrogen-bond acceptors (Lipinski definition) is 6. The maximum Gasteiger partial charge on any atom is 0.339 e. The molecule has 0 aliphatic carbocycles. The van der Waals surface area contributed by atoms with Crippen molar-refractivity contribution >= 4 is 35.0 Å². The van der Waals surface area contributed by atoms with E-state index in [1.807, 2.05) is 24.4 Å². The van der Waals surface area contributed by atoms with Crippen molar-refractivity contribution in [3.05, 3.63) is 46.5 Å². The third-order valence-electron chi connectivity index (χ3n) is 3.26. The monoisotopic (exact) mass is 364 g/mol. The van der Waals surface area contributed by atoms with Crippen molar-refractivity contribution in [1.29, 1.82) is 0 Å². The zero-order chi connectivity index (χ0) is 17.7. The van der Waals surface area contributed by atoms with E-state index in [4.69, 9.17) is 4.74 Å². The van der Waals surface area contributed by atoms with Gasteiger partial charge in [-0.15, -0.1) is 11.3 Å². The normalized spacial score (nSPS) is 11.8. The van der Waals surface area contributed by atoms with E-state index in [2.05, 4.69) is 4.98 Å². The first-order valence-corrected chi connectivity index (χ1v) is 9.30. The second kappa shape index (κ2) is 8.30. The highest BCUT2D eigenvalue weighted by Gasteiger charge is 2.21. The Balaban J connectivity index is 2.07. The average molecular weight is 364 g/mol. The number of thiazole rings is 1. The molecule has 0 spiro atoms. The molecule has 1 amide bonds. The van der Waals surface area contributed by atoms with Gasteiger partial charge in [0.15, 0.2) is 6.10 Å². The van der Waals surface area contributed by atoms with Gasteiger partial charge in [0.25, 0.3) is 5.91 Å². The van der Waals surface area contributed by atoms with Crippen LogP contribution >= 0.6 is 23.1 Å². The smallest absolute Gasteiger partial charge is 0.339 e. The number of carbonyl (C=O) groups excluding carboxylic acids is 2. The van der Waals surface area contributed by atoms with Gasteiger partial charge in [0.1, 0.15) is 4.34 Å². The molecule has 1 aromatic carbocycles. The van der Waals surface area contributed by atoms with E-state index in [-0.39, 0.29) is 5.91 Å². The first-order chi connectivity index (χ1) is 11.4. The van der Waals surface area contributed by atoms with Crippen LogP contribution in [0.15, 0.2) is 34.0 Å². The highest BCUT2D eigenvalue weighted by Crippen LogP contribution is 2.27. The first kappa shape index (κ1) is 18.5. The molecule has 0 saturated heterocycles. The van der Waals surface area contributed by atoms with Gasteiger partial charge < -0.3 is 9.64 Å². The van der Waals surface area contributed by atoms with Gasteiger partial charge in [-0.25, -0.2) is 9.78 Å². The molecule has 2 rings (SSSR count). The van der Waals surface area contributed by atoms with Gasteiger partial charge in [-0.05, 0) is 25.5 Å². The topological polar surface area (TPSA) is 59.5 Å². The quantitative estimate of drug-likeness (QED) is 0.581. The Labute approximate surface area is 150 Å². The Hall–Kier alpha value is -1.86. The van der Waals surface area contributed by atoms with Crippen LogP contribution in [0.5, 0.6) is 0 Å². The lowest BCUT2D eigenvalue weighted by atomic mass is 10.1. The number of aryl methyl sites for hydroxylation is 1. The van der Waals surface area contributed by atoms with E-state index < -0.39 is 12.1 Å². The highest BCUT2D eigenvalue weighted by atomic mass is 32.2. The molecule has 0 aliphatic rings. The lowest BCUT2D eigenvalue weighted by Crippen LogP contribution is -2.35. The van der Waals surface area contributed by atoms with Gasteiger partial charge in [0, 0.05) is 30.9 Å². The molecule has 0 N–H and O–H groups in total. The number of benzene rings is 1. The summed E-state index contributed by atoms with van der Waals surface area (Å²) in [5.74, 6) is -0.105. The van der Waals surface area contributed by atoms with E-state index in [1.165, 1.54) is 4.90 Å². The molecule has 0 saturated carbocycles. The maximum atomic E-state index is 12.4. The lowest BCUT2D eigenvalue weighted by Gasteiger charge is -2.18. The predicted molar refractivity (Wildman–Crippen MR) is 96.4 cm³/mol. The van der Waals surface area contributed by atoms with Crippen molar-refractivity contribution < 1.29 is 14.3 Å². The van der Waals surface area contributed by atoms with Crippen molar-refractivity contribution in [3.8, 4) is 0 Å². The number of esters is 1. The molecule has 0 radical (unpaired) electrons. The predicted octanol–water partition coefficient (Wildman–Crippen LogP) is 3.38. The SMILES string of the molecule is Cc1csc(SCc2ccccc2C(=O)O[C@@H](C)C(=O)N(C)C)n1. The van der Waals surface area contributed by atoms with Crippen LogP contribution in [0.3, 0.4) is 0 Å². The van der Waals surface area contributed by atoms with Gasteiger partial charge in [0.05, 0.1) is 5.56 Å². The summed E-state index contributed by atoms with van der Waals surface area (Å²) in [4.78, 5) is 30.1. The molecule has 5 nitrogen and oxygen atoms in total. The zero-order valence-corrected chi connectivity index (χ0v) is 15.7. The molecule has 0 bridgehead atoms. The molecule has 1 atom stereocenters. The molecule has 24 heavy (non-hydrogen) atoms. The van der Waals surface area contributed by atoms with Gasteiger partial charge in [0.2, 0.25) is 0 Å². The summed E-state index contributed by atoms with van der Waals surface area (Å²) in [6, 6.07) is 7.28. The Morgan fingerprint density at radius 3 is 2.67 bits per heavy atom. The summed E-state index contributed by atoms with van der Waals surface area (Å²) in [6.45, 7) is 3.53. The molecule has 0 aliphatic heterocycles. The van der Waals surface area contributed by atoms with E-state index in [0.29, 0.717) is 11.3 Å². The van der Waals surface area contributed by atoms with Crippen LogP contribution in [0.2, 0.25) is 0 Å². The number of thioether (sulfide) groups is 1. The van der Waals surface area contributed by atoms with Gasteiger partial charge in [-0.3, -0.25) is 4.79 Å². The molecule has 7 heteroatoms. The lowest BCUT2D eigenvalue weighted by molar-refractivity contribution is -0.137. The Bertz CT molecular complexity index is 728. The van der Waals surface area contributed by atoms with Crippen LogP contribution in [0.1, 0.15) is 28.5 Å². The molecular weight excluding hydrogens is 344 g/mol. The van der Waals surface area contributed by atoms with Crippen LogP contribution in [-0.2, 0) is 15.3 Å². The van der Waals surface area contributed by atoms with Gasteiger partial charge in [-0.2, -0.15) is 0 Å². The molecule has 0 fully saturated rings. The summed E-state index contributed by atoms with van der Waals surface area (Å²) >= 11 is 3.17. The summed E-state index contributed by atoms with van der Waals surface area (Å²) in [5, 5.41) is 2.00. The standard InChI is InChI=1S/C17H20N2O3S2/c1-11-9-23-17(18-11)24-10-13-7-5-6-8-14(13)16(21)22-12(2)15(20)19(3)4/h5-9,12H,10H2,1-4H3/t12-/m0/s1. The molecule has 0 unspecified atom stereocenters. The fourth-order valence-electron chi connectivity index (χ4n) is 2.02. The van der Waals surface area contributed by atoms with E-state index in [0.717, 1.165) is 15.6 Å². The van der Waals surface area contributed by atoms with E-state index in [9.17, 15) is 9.59 Å². The number of likely N-dealkylation sites (N-methyl/N-ethyl adjacent to an activating group) is 1. The Kier molecular flexibility index (Phi) is 6.39. The molecule has 2 aromatic rings. The third kappa shape index (κ3) is 4.82. The molecule has 1 heterocycles. The second-order valence-electron chi connectivity index (χ2n) is 5.48. The first-order valence-electron chi connectivity index (χ1n) is 7.43. The number of aromatic nitrogens is 1. The van der Waals surface area contributed by atoms with Gasteiger partial charge in [-0.1, -0.05) is 30.0 Å². The minimum Gasteiger partial charge on any atom is -0.449 e. The summed E-state index contributed by atoms with van der Waals surface area (Å²) in [7, 11) is 3.26. The number of amides is 1. The van der Waals surface area contributed by atoms with Crippen molar-refractivity contribution in [3.63, 3.8) is 0 Å². The van der Waals surface area contributed by atoms with Crippen LogP contribution in [0.25, 0.3) is 0 Å². The highest BCUT2D eigenvalue weighted by molar-refractivity contribution is 8.00.